The minimum absolute atomic E-state index is 0.261. The third-order valence-corrected chi connectivity index (χ3v) is 4.08. The van der Waals surface area contributed by atoms with Crippen molar-refractivity contribution in [3.63, 3.8) is 0 Å². The Hall–Kier alpha value is -2.11. The van der Waals surface area contributed by atoms with Crippen LogP contribution in [0.3, 0.4) is 0 Å². The second-order valence-corrected chi connectivity index (χ2v) is 5.56. The minimum Gasteiger partial charge on any atom is -0.378 e. The van der Waals surface area contributed by atoms with Crippen molar-refractivity contribution in [3.05, 3.63) is 48.0 Å². The summed E-state index contributed by atoms with van der Waals surface area (Å²) in [7, 11) is 0. The first kappa shape index (κ1) is 13.5. The van der Waals surface area contributed by atoms with E-state index in [-0.39, 0.29) is 5.28 Å². The van der Waals surface area contributed by atoms with Crippen molar-refractivity contribution in [2.24, 2.45) is 0 Å². The molecule has 0 radical (unpaired) electrons. The van der Waals surface area contributed by atoms with Gasteiger partial charge in [0.2, 0.25) is 5.28 Å². The van der Waals surface area contributed by atoms with Crippen LogP contribution in [0.5, 0.6) is 0 Å². The highest BCUT2D eigenvalue weighted by Gasteiger charge is 2.11. The fourth-order valence-corrected chi connectivity index (χ4v) is 2.88. The second kappa shape index (κ2) is 5.59. The number of anilines is 1. The van der Waals surface area contributed by atoms with E-state index in [1.54, 1.807) is 6.20 Å². The molecule has 1 aliphatic rings. The Morgan fingerprint density at radius 3 is 2.50 bits per heavy atom. The van der Waals surface area contributed by atoms with Crippen molar-refractivity contribution in [2.75, 3.05) is 31.2 Å². The van der Waals surface area contributed by atoms with Gasteiger partial charge in [-0.1, -0.05) is 0 Å². The van der Waals surface area contributed by atoms with Gasteiger partial charge in [0.1, 0.15) is 5.65 Å². The van der Waals surface area contributed by atoms with E-state index >= 15 is 0 Å². The Morgan fingerprint density at radius 2 is 1.73 bits per heavy atom. The molecule has 0 bridgehead atoms. The lowest BCUT2D eigenvalue weighted by atomic mass is 10.2. The van der Waals surface area contributed by atoms with E-state index in [1.807, 2.05) is 16.8 Å². The van der Waals surface area contributed by atoms with Crippen LogP contribution >= 0.6 is 11.6 Å². The first-order valence-corrected chi connectivity index (χ1v) is 7.62. The summed E-state index contributed by atoms with van der Waals surface area (Å²) in [5, 5.41) is 1.24. The predicted molar refractivity (Wildman–Crippen MR) is 86.9 cm³/mol. The molecule has 5 nitrogen and oxygen atoms in total. The van der Waals surface area contributed by atoms with Crippen LogP contribution in [0.25, 0.3) is 16.7 Å². The van der Waals surface area contributed by atoms with Gasteiger partial charge in [-0.05, 0) is 41.9 Å². The first-order valence-electron chi connectivity index (χ1n) is 7.24. The summed E-state index contributed by atoms with van der Waals surface area (Å²) < 4.78 is 7.41. The van der Waals surface area contributed by atoms with Gasteiger partial charge in [0, 0.05) is 42.2 Å². The lowest BCUT2D eigenvalue weighted by molar-refractivity contribution is 0.122. The molecule has 0 saturated carbocycles. The van der Waals surface area contributed by atoms with Crippen LogP contribution in [0, 0.1) is 0 Å². The quantitative estimate of drug-likeness (QED) is 0.682. The smallest absolute Gasteiger partial charge is 0.224 e. The molecule has 0 amide bonds. The molecule has 2 aromatic heterocycles. The molecule has 0 unspecified atom stereocenters. The molecule has 6 heteroatoms. The van der Waals surface area contributed by atoms with Crippen molar-refractivity contribution >= 4 is 28.3 Å². The molecule has 3 aromatic rings. The molecule has 0 aliphatic carbocycles. The van der Waals surface area contributed by atoms with Crippen LogP contribution in [0.15, 0.2) is 42.7 Å². The number of rotatable bonds is 2. The van der Waals surface area contributed by atoms with Crippen molar-refractivity contribution in [3.8, 4) is 5.69 Å². The fourth-order valence-electron chi connectivity index (χ4n) is 2.75. The normalized spacial score (nSPS) is 15.4. The van der Waals surface area contributed by atoms with Crippen LogP contribution in [0.2, 0.25) is 5.28 Å². The molecular weight excluding hydrogens is 300 g/mol. The highest BCUT2D eigenvalue weighted by Crippen LogP contribution is 2.22. The molecule has 4 rings (SSSR count). The maximum Gasteiger partial charge on any atom is 0.224 e. The number of ether oxygens (including phenoxy) is 1. The average Bonchev–Trinajstić information content (AvgIpc) is 2.99. The van der Waals surface area contributed by atoms with E-state index in [2.05, 4.69) is 39.1 Å². The van der Waals surface area contributed by atoms with E-state index in [9.17, 15) is 0 Å². The van der Waals surface area contributed by atoms with Gasteiger partial charge in [-0.2, -0.15) is 4.98 Å². The number of nitrogens with zero attached hydrogens (tertiary/aromatic N) is 4. The van der Waals surface area contributed by atoms with Gasteiger partial charge in [-0.3, -0.25) is 0 Å². The average molecular weight is 315 g/mol. The lowest BCUT2D eigenvalue weighted by Gasteiger charge is -2.28. The number of halogens is 1. The monoisotopic (exact) mass is 314 g/mol. The van der Waals surface area contributed by atoms with Gasteiger partial charge in [-0.15, -0.1) is 0 Å². The van der Waals surface area contributed by atoms with E-state index in [1.165, 1.54) is 5.69 Å². The number of aromatic nitrogens is 3. The third kappa shape index (κ3) is 2.42. The van der Waals surface area contributed by atoms with Crippen molar-refractivity contribution in [1.82, 2.24) is 14.5 Å². The Morgan fingerprint density at radius 1 is 1.00 bits per heavy atom. The number of benzene rings is 1. The van der Waals surface area contributed by atoms with E-state index in [0.29, 0.717) is 0 Å². The molecule has 0 N–H and O–H groups in total. The molecule has 1 aliphatic heterocycles. The summed E-state index contributed by atoms with van der Waals surface area (Å²) in [6.07, 6.45) is 3.72. The zero-order chi connectivity index (χ0) is 14.9. The maximum absolute atomic E-state index is 5.91. The summed E-state index contributed by atoms with van der Waals surface area (Å²) in [5.41, 5.74) is 3.09. The van der Waals surface area contributed by atoms with Crippen LogP contribution in [0.1, 0.15) is 0 Å². The van der Waals surface area contributed by atoms with Gasteiger partial charge in [0.25, 0.3) is 0 Å². The molecule has 1 aromatic carbocycles. The first-order chi connectivity index (χ1) is 10.8. The van der Waals surface area contributed by atoms with Gasteiger partial charge in [0.05, 0.1) is 13.2 Å². The minimum atomic E-state index is 0.261. The standard InChI is InChI=1S/C16H15ClN4O/c17-16-18-11-12-5-6-21(15(12)19-16)14-3-1-13(2-4-14)20-7-9-22-10-8-20/h1-6,11H,7-10H2. The van der Waals surface area contributed by atoms with Crippen molar-refractivity contribution in [2.45, 2.75) is 0 Å². The Bertz CT molecular complexity index is 794. The van der Waals surface area contributed by atoms with Gasteiger partial charge >= 0.3 is 0 Å². The maximum atomic E-state index is 5.91. The SMILES string of the molecule is Clc1ncc2ccn(-c3ccc(N4CCOCC4)cc3)c2n1. The molecule has 0 atom stereocenters. The second-order valence-electron chi connectivity index (χ2n) is 5.22. The summed E-state index contributed by atoms with van der Waals surface area (Å²) >= 11 is 5.91. The molecule has 0 spiro atoms. The molecule has 1 saturated heterocycles. The van der Waals surface area contributed by atoms with Crippen molar-refractivity contribution < 1.29 is 4.74 Å². The van der Waals surface area contributed by atoms with Gasteiger partial charge in [0.15, 0.2) is 0 Å². The van der Waals surface area contributed by atoms with Crippen LogP contribution in [-0.4, -0.2) is 40.8 Å². The number of hydrogen-bond donors (Lipinski definition) is 0. The zero-order valence-corrected chi connectivity index (χ0v) is 12.7. The van der Waals surface area contributed by atoms with Gasteiger partial charge in [-0.25, -0.2) is 4.98 Å². The molecular formula is C16H15ClN4O. The summed E-state index contributed by atoms with van der Waals surface area (Å²) in [6, 6.07) is 10.5. The largest absolute Gasteiger partial charge is 0.378 e. The van der Waals surface area contributed by atoms with Crippen molar-refractivity contribution in [1.29, 1.82) is 0 Å². The number of morpholine rings is 1. The van der Waals surface area contributed by atoms with Crippen LogP contribution < -0.4 is 4.90 Å². The predicted octanol–water partition coefficient (Wildman–Crippen LogP) is 2.91. The highest BCUT2D eigenvalue weighted by molar-refractivity contribution is 6.28. The van der Waals surface area contributed by atoms with Crippen LogP contribution in [-0.2, 0) is 4.74 Å². The molecule has 3 heterocycles. The summed E-state index contributed by atoms with van der Waals surface area (Å²) in [5.74, 6) is 0. The zero-order valence-electron chi connectivity index (χ0n) is 11.9. The van der Waals surface area contributed by atoms with E-state index in [4.69, 9.17) is 16.3 Å². The Kier molecular flexibility index (Phi) is 3.44. The topological polar surface area (TPSA) is 43.2 Å². The van der Waals surface area contributed by atoms with Gasteiger partial charge < -0.3 is 14.2 Å². The highest BCUT2D eigenvalue weighted by atomic mass is 35.5. The Balaban J connectivity index is 1.68. The molecule has 1 fully saturated rings. The number of hydrogen-bond acceptors (Lipinski definition) is 4. The summed E-state index contributed by atoms with van der Waals surface area (Å²) in [4.78, 5) is 10.7. The van der Waals surface area contributed by atoms with Crippen LogP contribution in [0.4, 0.5) is 5.69 Å². The van der Waals surface area contributed by atoms with E-state index in [0.717, 1.165) is 43.0 Å². The third-order valence-electron chi connectivity index (χ3n) is 3.90. The lowest BCUT2D eigenvalue weighted by Crippen LogP contribution is -2.36. The summed E-state index contributed by atoms with van der Waals surface area (Å²) in [6.45, 7) is 3.46. The molecule has 22 heavy (non-hydrogen) atoms. The number of fused-ring (bicyclic) bond motifs is 1. The fraction of sp³-hybridized carbons (Fsp3) is 0.250. The Labute approximate surface area is 133 Å². The molecule has 112 valence electrons. The van der Waals surface area contributed by atoms with E-state index < -0.39 is 0 Å².